The molecule has 23 heavy (non-hydrogen) atoms. The van der Waals surface area contributed by atoms with E-state index in [0.29, 0.717) is 11.3 Å². The number of anilines is 2. The zero-order valence-electron chi connectivity index (χ0n) is 12.2. The maximum Gasteiger partial charge on any atom is 0.238 e. The average molecular weight is 322 g/mol. The van der Waals surface area contributed by atoms with Gasteiger partial charge in [0, 0.05) is 22.6 Å². The summed E-state index contributed by atoms with van der Waals surface area (Å²) in [6.07, 6.45) is 5.45. The van der Waals surface area contributed by atoms with Gasteiger partial charge in [0.05, 0.1) is 10.9 Å². The van der Waals surface area contributed by atoms with Crippen molar-refractivity contribution in [1.82, 2.24) is 0 Å². The minimum absolute atomic E-state index is 0.102. The van der Waals surface area contributed by atoms with Crippen LogP contribution >= 0.6 is 11.8 Å². The molecule has 1 atom stereocenters. The van der Waals surface area contributed by atoms with Gasteiger partial charge in [0.15, 0.2) is 0 Å². The summed E-state index contributed by atoms with van der Waals surface area (Å²) in [5, 5.41) is 5.17. The Morgan fingerprint density at radius 2 is 2.09 bits per heavy atom. The monoisotopic (exact) mass is 322 g/mol. The Bertz CT molecular complexity index is 811. The number of fused-ring (bicyclic) bond motifs is 1. The molecule has 0 bridgehead atoms. The molecule has 2 N–H and O–H groups in total. The quantitative estimate of drug-likeness (QED) is 0.854. The first-order valence-electron chi connectivity index (χ1n) is 7.09. The van der Waals surface area contributed by atoms with Gasteiger partial charge in [-0.25, -0.2) is 0 Å². The van der Waals surface area contributed by atoms with Crippen molar-refractivity contribution in [3.8, 4) is 12.3 Å². The first-order valence-corrected chi connectivity index (χ1v) is 7.97. The van der Waals surface area contributed by atoms with E-state index in [-0.39, 0.29) is 18.2 Å². The van der Waals surface area contributed by atoms with Gasteiger partial charge < -0.3 is 10.6 Å². The van der Waals surface area contributed by atoms with Crippen LogP contribution in [0.3, 0.4) is 0 Å². The van der Waals surface area contributed by atoms with Gasteiger partial charge in [0.1, 0.15) is 0 Å². The average Bonchev–Trinajstić information content (AvgIpc) is 2.55. The van der Waals surface area contributed by atoms with Gasteiger partial charge in [-0.3, -0.25) is 9.59 Å². The molecule has 0 saturated carbocycles. The first kappa shape index (κ1) is 15.2. The maximum atomic E-state index is 12.2. The fourth-order valence-electron chi connectivity index (χ4n) is 2.29. The van der Waals surface area contributed by atoms with Gasteiger partial charge in [-0.15, -0.1) is 18.2 Å². The van der Waals surface area contributed by atoms with E-state index in [4.69, 9.17) is 6.42 Å². The smallest absolute Gasteiger partial charge is 0.238 e. The Labute approximate surface area is 138 Å². The molecule has 3 rings (SSSR count). The normalized spacial score (nSPS) is 16.0. The van der Waals surface area contributed by atoms with Crippen LogP contribution in [0, 0.1) is 12.3 Å². The van der Waals surface area contributed by atoms with Crippen molar-refractivity contribution < 1.29 is 9.59 Å². The number of nitrogens with one attached hydrogen (secondary N) is 2. The second-order valence-electron chi connectivity index (χ2n) is 5.07. The molecular weight excluding hydrogens is 308 g/mol. The molecule has 0 aliphatic carbocycles. The lowest BCUT2D eigenvalue weighted by Crippen LogP contribution is -2.32. The summed E-state index contributed by atoms with van der Waals surface area (Å²) >= 11 is 1.41. The number of hydrogen-bond donors (Lipinski definition) is 2. The summed E-state index contributed by atoms with van der Waals surface area (Å²) in [4.78, 5) is 25.3. The van der Waals surface area contributed by atoms with E-state index in [1.165, 1.54) is 11.8 Å². The van der Waals surface area contributed by atoms with E-state index in [0.717, 1.165) is 10.6 Å². The SMILES string of the molecule is C#Cc1cccc(NC(=O)CC2Sc3ccccc3NC2=O)c1. The molecule has 4 nitrogen and oxygen atoms in total. The Morgan fingerprint density at radius 3 is 2.91 bits per heavy atom. The second-order valence-corrected chi connectivity index (χ2v) is 6.31. The van der Waals surface area contributed by atoms with Crippen molar-refractivity contribution in [3.05, 3.63) is 54.1 Å². The molecule has 114 valence electrons. The predicted molar refractivity (Wildman–Crippen MR) is 92.3 cm³/mol. The highest BCUT2D eigenvalue weighted by Gasteiger charge is 2.28. The number of amides is 2. The van der Waals surface area contributed by atoms with E-state index < -0.39 is 5.25 Å². The highest BCUT2D eigenvalue weighted by molar-refractivity contribution is 8.01. The number of thioether (sulfide) groups is 1. The minimum Gasteiger partial charge on any atom is -0.326 e. The summed E-state index contributed by atoms with van der Waals surface area (Å²) < 4.78 is 0. The summed E-state index contributed by atoms with van der Waals surface area (Å²) in [5.74, 6) is 2.15. The van der Waals surface area contributed by atoms with E-state index in [9.17, 15) is 9.59 Å². The van der Waals surface area contributed by atoms with Gasteiger partial charge in [-0.2, -0.15) is 0 Å². The van der Waals surface area contributed by atoms with Gasteiger partial charge in [0.2, 0.25) is 11.8 Å². The number of para-hydroxylation sites is 1. The predicted octanol–water partition coefficient (Wildman–Crippen LogP) is 3.11. The number of carbonyl (C=O) groups is 2. The van der Waals surface area contributed by atoms with Gasteiger partial charge in [-0.05, 0) is 30.3 Å². The molecule has 1 unspecified atom stereocenters. The molecule has 0 saturated heterocycles. The Hall–Kier alpha value is -2.71. The Kier molecular flexibility index (Phi) is 4.35. The topological polar surface area (TPSA) is 58.2 Å². The molecule has 0 radical (unpaired) electrons. The zero-order valence-corrected chi connectivity index (χ0v) is 13.0. The first-order chi connectivity index (χ1) is 11.2. The molecule has 1 aliphatic heterocycles. The molecule has 1 aliphatic rings. The Morgan fingerprint density at radius 1 is 1.26 bits per heavy atom. The van der Waals surface area contributed by atoms with Crippen LogP contribution in [-0.2, 0) is 9.59 Å². The van der Waals surface area contributed by atoms with E-state index in [1.54, 1.807) is 24.3 Å². The fourth-order valence-corrected chi connectivity index (χ4v) is 3.40. The van der Waals surface area contributed by atoms with Gasteiger partial charge >= 0.3 is 0 Å². The molecule has 0 spiro atoms. The minimum atomic E-state index is -0.444. The molecule has 0 fully saturated rings. The molecule has 0 aromatic heterocycles. The molecule has 2 aromatic rings. The third-order valence-corrected chi connectivity index (χ3v) is 4.67. The van der Waals surface area contributed by atoms with E-state index >= 15 is 0 Å². The van der Waals surface area contributed by atoms with Crippen molar-refractivity contribution >= 4 is 35.0 Å². The van der Waals surface area contributed by atoms with Crippen molar-refractivity contribution in [2.24, 2.45) is 0 Å². The molecular formula is C18H14N2O2S. The lowest BCUT2D eigenvalue weighted by Gasteiger charge is -2.23. The summed E-state index contributed by atoms with van der Waals surface area (Å²) in [6.45, 7) is 0. The third-order valence-electron chi connectivity index (χ3n) is 3.39. The highest BCUT2D eigenvalue weighted by Crippen LogP contribution is 2.36. The zero-order chi connectivity index (χ0) is 16.2. The van der Waals surface area contributed by atoms with Crippen LogP contribution < -0.4 is 10.6 Å². The van der Waals surface area contributed by atoms with Crippen LogP contribution in [0.25, 0.3) is 0 Å². The summed E-state index contributed by atoms with van der Waals surface area (Å²) in [5.41, 5.74) is 2.12. The molecule has 2 aromatic carbocycles. The van der Waals surface area contributed by atoms with Crippen LogP contribution in [0.5, 0.6) is 0 Å². The number of carbonyl (C=O) groups excluding carboxylic acids is 2. The lowest BCUT2D eigenvalue weighted by atomic mass is 10.2. The highest BCUT2D eigenvalue weighted by atomic mass is 32.2. The number of benzene rings is 2. The lowest BCUT2D eigenvalue weighted by molar-refractivity contribution is -0.120. The standard InChI is InChI=1S/C18H14N2O2S/c1-2-12-6-5-7-13(10-12)19-17(21)11-16-18(22)20-14-8-3-4-9-15(14)23-16/h1,3-10,16H,11H2,(H,19,21)(H,20,22). The van der Waals surface area contributed by atoms with Crippen LogP contribution in [0.2, 0.25) is 0 Å². The number of hydrogen-bond acceptors (Lipinski definition) is 3. The van der Waals surface area contributed by atoms with Crippen molar-refractivity contribution in [2.45, 2.75) is 16.6 Å². The van der Waals surface area contributed by atoms with Crippen LogP contribution in [0.1, 0.15) is 12.0 Å². The van der Waals surface area contributed by atoms with Crippen molar-refractivity contribution in [2.75, 3.05) is 10.6 Å². The third kappa shape index (κ3) is 3.55. The molecule has 2 amide bonds. The second kappa shape index (κ2) is 6.59. The number of rotatable bonds is 3. The molecule has 5 heteroatoms. The van der Waals surface area contributed by atoms with Crippen LogP contribution in [-0.4, -0.2) is 17.1 Å². The fraction of sp³-hybridized carbons (Fsp3) is 0.111. The Balaban J connectivity index is 1.66. The van der Waals surface area contributed by atoms with Crippen LogP contribution in [0.15, 0.2) is 53.4 Å². The summed E-state index contributed by atoms with van der Waals surface area (Å²) in [7, 11) is 0. The van der Waals surface area contributed by atoms with Crippen LogP contribution in [0.4, 0.5) is 11.4 Å². The van der Waals surface area contributed by atoms with Crippen molar-refractivity contribution in [3.63, 3.8) is 0 Å². The van der Waals surface area contributed by atoms with Crippen molar-refractivity contribution in [1.29, 1.82) is 0 Å². The molecule has 1 heterocycles. The summed E-state index contributed by atoms with van der Waals surface area (Å²) in [6, 6.07) is 14.6. The number of terminal acetylenes is 1. The van der Waals surface area contributed by atoms with E-state index in [2.05, 4.69) is 16.6 Å². The largest absolute Gasteiger partial charge is 0.326 e. The maximum absolute atomic E-state index is 12.2. The van der Waals surface area contributed by atoms with Gasteiger partial charge in [0.25, 0.3) is 0 Å². The van der Waals surface area contributed by atoms with E-state index in [1.807, 2.05) is 24.3 Å². The van der Waals surface area contributed by atoms with Gasteiger partial charge in [-0.1, -0.05) is 24.1 Å².